The van der Waals surface area contributed by atoms with Crippen LogP contribution < -0.4 is 10.6 Å². The van der Waals surface area contributed by atoms with E-state index < -0.39 is 41.8 Å². The molecule has 3 rings (SSSR count). The number of hydrogen-bond donors (Lipinski definition) is 2. The molecule has 1 aliphatic heterocycles. The van der Waals surface area contributed by atoms with E-state index in [0.717, 1.165) is 18.4 Å². The summed E-state index contributed by atoms with van der Waals surface area (Å²) in [6.07, 6.45) is -0.580. The van der Waals surface area contributed by atoms with E-state index in [1.165, 1.54) is 11.8 Å². The number of amides is 3. The summed E-state index contributed by atoms with van der Waals surface area (Å²) in [5, 5.41) is 5.45. The second-order valence-corrected chi connectivity index (χ2v) is 9.92. The van der Waals surface area contributed by atoms with Crippen molar-refractivity contribution in [2.45, 2.75) is 83.5 Å². The zero-order valence-corrected chi connectivity index (χ0v) is 20.7. The van der Waals surface area contributed by atoms with Crippen molar-refractivity contribution in [3.63, 3.8) is 0 Å². The predicted octanol–water partition coefficient (Wildman–Crippen LogP) is 1.91. The number of carbonyl (C=O) groups excluding carboxylic acids is 4. The molecule has 35 heavy (non-hydrogen) atoms. The van der Waals surface area contributed by atoms with Gasteiger partial charge in [-0.3, -0.25) is 14.4 Å². The summed E-state index contributed by atoms with van der Waals surface area (Å²) >= 11 is 0. The number of nitrogens with zero attached hydrogens (tertiary/aromatic N) is 1. The Bertz CT molecular complexity index is 911. The lowest BCUT2D eigenvalue weighted by molar-refractivity contribution is -0.156. The van der Waals surface area contributed by atoms with Gasteiger partial charge in [-0.2, -0.15) is 0 Å². The van der Waals surface area contributed by atoms with E-state index in [0.29, 0.717) is 19.6 Å². The van der Waals surface area contributed by atoms with Gasteiger partial charge in [0.15, 0.2) is 0 Å². The number of nitrogens with one attached hydrogen (secondary N) is 2. The van der Waals surface area contributed by atoms with Crippen molar-refractivity contribution in [3.05, 3.63) is 35.9 Å². The molecular formula is C25H35N3O7. The molecule has 0 bridgehead atoms. The third kappa shape index (κ3) is 8.54. The van der Waals surface area contributed by atoms with Crippen LogP contribution in [0.25, 0.3) is 0 Å². The van der Waals surface area contributed by atoms with Gasteiger partial charge in [0.05, 0.1) is 12.6 Å². The molecule has 1 aliphatic carbocycles. The SMILES string of the molecule is CC(=O)OC(C(=O)NC1CC1)C(CN1CCC(OCc2ccccc2)C1=O)NC(=O)OC(C)(C)C. The third-order valence-corrected chi connectivity index (χ3v) is 5.50. The molecule has 2 N–H and O–H groups in total. The van der Waals surface area contributed by atoms with E-state index in [9.17, 15) is 19.2 Å². The standard InChI is InChI=1S/C25H35N3O7/c1-16(29)34-21(22(30)26-18-10-11-18)19(27-24(32)35-25(2,3)4)14-28-13-12-20(23(28)31)33-15-17-8-6-5-7-9-17/h5-9,18-21H,10-15H2,1-4H3,(H,26,30)(H,27,32). The second-order valence-electron chi connectivity index (χ2n) is 9.92. The second kappa shape index (κ2) is 11.5. The van der Waals surface area contributed by atoms with Crippen LogP contribution in [0, 0.1) is 0 Å². The average Bonchev–Trinajstić information content (AvgIpc) is 3.52. The summed E-state index contributed by atoms with van der Waals surface area (Å²) < 4.78 is 16.5. The van der Waals surface area contributed by atoms with Gasteiger partial charge in [0.2, 0.25) is 6.10 Å². The average molecular weight is 490 g/mol. The molecule has 3 amide bonds. The van der Waals surface area contributed by atoms with E-state index in [4.69, 9.17) is 14.2 Å². The van der Waals surface area contributed by atoms with Gasteiger partial charge in [0.1, 0.15) is 11.7 Å². The van der Waals surface area contributed by atoms with Crippen LogP contribution in [0.2, 0.25) is 0 Å². The van der Waals surface area contributed by atoms with Gasteiger partial charge in [-0.25, -0.2) is 4.79 Å². The van der Waals surface area contributed by atoms with E-state index in [1.54, 1.807) is 20.8 Å². The van der Waals surface area contributed by atoms with Crippen LogP contribution in [0.15, 0.2) is 30.3 Å². The van der Waals surface area contributed by atoms with Gasteiger partial charge < -0.3 is 29.7 Å². The Morgan fingerprint density at radius 2 is 1.80 bits per heavy atom. The number of rotatable bonds is 10. The molecule has 1 aromatic carbocycles. The van der Waals surface area contributed by atoms with Crippen molar-refractivity contribution in [2.24, 2.45) is 0 Å². The van der Waals surface area contributed by atoms with Gasteiger partial charge in [0.25, 0.3) is 11.8 Å². The minimum Gasteiger partial charge on any atom is -0.450 e. The number of esters is 1. The molecule has 10 heteroatoms. The Morgan fingerprint density at radius 3 is 2.40 bits per heavy atom. The van der Waals surface area contributed by atoms with Crippen molar-refractivity contribution in [1.29, 1.82) is 0 Å². The maximum atomic E-state index is 13.0. The number of carbonyl (C=O) groups is 4. The van der Waals surface area contributed by atoms with Crippen molar-refractivity contribution in [2.75, 3.05) is 13.1 Å². The number of ether oxygens (including phenoxy) is 3. The number of benzene rings is 1. The maximum Gasteiger partial charge on any atom is 0.408 e. The topological polar surface area (TPSA) is 123 Å². The molecule has 1 aromatic rings. The van der Waals surface area contributed by atoms with Crippen LogP contribution in [0.5, 0.6) is 0 Å². The Hall–Kier alpha value is -3.14. The molecule has 0 aromatic heterocycles. The van der Waals surface area contributed by atoms with Crippen LogP contribution in [-0.2, 0) is 35.2 Å². The van der Waals surface area contributed by atoms with E-state index in [-0.39, 0.29) is 18.5 Å². The Labute approximate surface area is 205 Å². The first-order valence-electron chi connectivity index (χ1n) is 11.9. The lowest BCUT2D eigenvalue weighted by atomic mass is 10.1. The first kappa shape index (κ1) is 26.5. The first-order chi connectivity index (χ1) is 16.5. The fourth-order valence-corrected chi connectivity index (χ4v) is 3.74. The zero-order chi connectivity index (χ0) is 25.6. The van der Waals surface area contributed by atoms with Crippen LogP contribution in [-0.4, -0.2) is 71.8 Å². The van der Waals surface area contributed by atoms with Gasteiger partial charge in [-0.15, -0.1) is 0 Å². The smallest absolute Gasteiger partial charge is 0.408 e. The molecule has 3 unspecified atom stereocenters. The van der Waals surface area contributed by atoms with Gasteiger partial charge in [0, 0.05) is 32.5 Å². The Morgan fingerprint density at radius 1 is 1.11 bits per heavy atom. The molecule has 2 aliphatic rings. The van der Waals surface area contributed by atoms with Crippen molar-refractivity contribution < 1.29 is 33.4 Å². The molecular weight excluding hydrogens is 454 g/mol. The highest BCUT2D eigenvalue weighted by molar-refractivity contribution is 5.86. The van der Waals surface area contributed by atoms with E-state index in [1.807, 2.05) is 30.3 Å². The van der Waals surface area contributed by atoms with Crippen LogP contribution in [0.1, 0.15) is 52.5 Å². The summed E-state index contributed by atoms with van der Waals surface area (Å²) in [4.78, 5) is 51.8. The molecule has 10 nitrogen and oxygen atoms in total. The highest BCUT2D eigenvalue weighted by Crippen LogP contribution is 2.21. The quantitative estimate of drug-likeness (QED) is 0.481. The minimum absolute atomic E-state index is 0.0203. The Balaban J connectivity index is 1.70. The van der Waals surface area contributed by atoms with E-state index in [2.05, 4.69) is 10.6 Å². The summed E-state index contributed by atoms with van der Waals surface area (Å²) in [6, 6.07) is 8.55. The summed E-state index contributed by atoms with van der Waals surface area (Å²) in [7, 11) is 0. The van der Waals surface area contributed by atoms with E-state index >= 15 is 0 Å². The first-order valence-corrected chi connectivity index (χ1v) is 11.9. The molecule has 2 fully saturated rings. The lowest BCUT2D eigenvalue weighted by Gasteiger charge is -2.31. The molecule has 0 radical (unpaired) electrons. The lowest BCUT2D eigenvalue weighted by Crippen LogP contribution is -2.58. The third-order valence-electron chi connectivity index (χ3n) is 5.50. The highest BCUT2D eigenvalue weighted by Gasteiger charge is 2.41. The Kier molecular flexibility index (Phi) is 8.71. The van der Waals surface area contributed by atoms with Crippen molar-refractivity contribution in [3.8, 4) is 0 Å². The number of alkyl carbamates (subject to hydrolysis) is 1. The summed E-state index contributed by atoms with van der Waals surface area (Å²) in [6.45, 7) is 6.96. The molecule has 0 spiro atoms. The highest BCUT2D eigenvalue weighted by atomic mass is 16.6. The molecule has 192 valence electrons. The van der Waals surface area contributed by atoms with Crippen LogP contribution in [0.4, 0.5) is 4.79 Å². The molecule has 1 saturated heterocycles. The molecule has 1 heterocycles. The summed E-state index contributed by atoms with van der Waals surface area (Å²) in [5.74, 6) is -1.44. The van der Waals surface area contributed by atoms with Crippen molar-refractivity contribution in [1.82, 2.24) is 15.5 Å². The largest absolute Gasteiger partial charge is 0.450 e. The van der Waals surface area contributed by atoms with Gasteiger partial charge in [-0.1, -0.05) is 30.3 Å². The fraction of sp³-hybridized carbons (Fsp3) is 0.600. The minimum atomic E-state index is -1.32. The zero-order valence-electron chi connectivity index (χ0n) is 20.7. The predicted molar refractivity (Wildman–Crippen MR) is 126 cm³/mol. The number of hydrogen-bond acceptors (Lipinski definition) is 7. The normalized spacial score (nSPS) is 19.6. The molecule has 1 saturated carbocycles. The summed E-state index contributed by atoms with van der Waals surface area (Å²) in [5.41, 5.74) is 0.177. The van der Waals surface area contributed by atoms with Crippen molar-refractivity contribution >= 4 is 23.9 Å². The van der Waals surface area contributed by atoms with Gasteiger partial charge >= 0.3 is 12.1 Å². The monoisotopic (exact) mass is 489 g/mol. The molecule has 3 atom stereocenters. The fourth-order valence-electron chi connectivity index (χ4n) is 3.74. The number of likely N-dealkylation sites (tertiary alicyclic amines) is 1. The van der Waals surface area contributed by atoms with Crippen LogP contribution in [0.3, 0.4) is 0 Å². The maximum absolute atomic E-state index is 13.0. The van der Waals surface area contributed by atoms with Gasteiger partial charge in [-0.05, 0) is 39.2 Å². The van der Waals surface area contributed by atoms with Crippen LogP contribution >= 0.6 is 0 Å².